The van der Waals surface area contributed by atoms with Gasteiger partial charge in [0.15, 0.2) is 0 Å². The molecular weight excluding hydrogens is 477 g/mol. The summed E-state index contributed by atoms with van der Waals surface area (Å²) in [5.41, 5.74) is 5.40. The lowest BCUT2D eigenvalue weighted by molar-refractivity contribution is 0.0955. The van der Waals surface area contributed by atoms with Crippen molar-refractivity contribution in [1.29, 1.82) is 0 Å². The number of carbonyl (C=O) groups is 2. The van der Waals surface area contributed by atoms with E-state index in [2.05, 4.69) is 31.4 Å². The lowest BCUT2D eigenvalue weighted by atomic mass is 10.1. The molecule has 1 heterocycles. The number of anilines is 1. The quantitative estimate of drug-likeness (QED) is 0.305. The predicted molar refractivity (Wildman–Crippen MR) is 130 cm³/mol. The van der Waals surface area contributed by atoms with Crippen molar-refractivity contribution in [3.8, 4) is 5.69 Å². The molecule has 0 aliphatic rings. The average Bonchev–Trinajstić information content (AvgIpc) is 3.38. The van der Waals surface area contributed by atoms with E-state index in [4.69, 9.17) is 23.2 Å². The van der Waals surface area contributed by atoms with Crippen molar-refractivity contribution in [3.63, 3.8) is 0 Å². The van der Waals surface area contributed by atoms with Gasteiger partial charge in [-0.1, -0.05) is 47.5 Å². The Bertz CT molecular complexity index is 1390. The minimum absolute atomic E-state index is 0.205. The molecule has 4 aromatic rings. The zero-order chi connectivity index (χ0) is 24.1. The number of aromatic nitrogens is 4. The Morgan fingerprint density at radius 1 is 0.941 bits per heavy atom. The highest BCUT2D eigenvalue weighted by Gasteiger charge is 2.16. The SMILES string of the molecule is C/C(=N/NC(=O)c1ccccc1NC(=O)c1ccc(Cl)cc1Cl)c1cccc(-n2cnnn2)c1. The third-order valence-corrected chi connectivity index (χ3v) is 5.35. The van der Waals surface area contributed by atoms with Crippen molar-refractivity contribution in [2.45, 2.75) is 6.92 Å². The summed E-state index contributed by atoms with van der Waals surface area (Å²) in [5, 5.41) is 18.6. The molecule has 0 aliphatic carbocycles. The number of hydrogen-bond acceptors (Lipinski definition) is 6. The molecule has 1 aromatic heterocycles. The van der Waals surface area contributed by atoms with Crippen LogP contribution in [0.5, 0.6) is 0 Å². The van der Waals surface area contributed by atoms with Crippen LogP contribution in [0.2, 0.25) is 10.0 Å². The number of halogens is 2. The first-order valence-electron chi connectivity index (χ1n) is 9.96. The van der Waals surface area contributed by atoms with Crippen molar-refractivity contribution < 1.29 is 9.59 Å². The van der Waals surface area contributed by atoms with Gasteiger partial charge in [0, 0.05) is 5.02 Å². The van der Waals surface area contributed by atoms with E-state index in [0.717, 1.165) is 11.3 Å². The van der Waals surface area contributed by atoms with Crippen LogP contribution < -0.4 is 10.7 Å². The average molecular weight is 494 g/mol. The topological polar surface area (TPSA) is 114 Å². The molecule has 2 N–H and O–H groups in total. The minimum atomic E-state index is -0.492. The van der Waals surface area contributed by atoms with Gasteiger partial charge in [0.2, 0.25) is 0 Å². The summed E-state index contributed by atoms with van der Waals surface area (Å²) < 4.78 is 1.52. The first kappa shape index (κ1) is 23.1. The number of hydrazone groups is 1. The van der Waals surface area contributed by atoms with Crippen molar-refractivity contribution in [3.05, 3.63) is 99.8 Å². The van der Waals surface area contributed by atoms with Crippen LogP contribution in [0.1, 0.15) is 33.2 Å². The summed E-state index contributed by atoms with van der Waals surface area (Å²) >= 11 is 12.0. The van der Waals surface area contributed by atoms with Gasteiger partial charge in [0.1, 0.15) is 6.33 Å². The number of nitrogens with zero attached hydrogens (tertiary/aromatic N) is 5. The Kier molecular flexibility index (Phi) is 6.95. The summed E-state index contributed by atoms with van der Waals surface area (Å²) in [6.07, 6.45) is 1.48. The van der Waals surface area contributed by atoms with Gasteiger partial charge in [0.05, 0.1) is 33.2 Å². The molecule has 34 heavy (non-hydrogen) atoms. The Hall–Kier alpha value is -4.08. The van der Waals surface area contributed by atoms with E-state index < -0.39 is 11.8 Å². The third-order valence-electron chi connectivity index (χ3n) is 4.80. The Morgan fingerprint density at radius 2 is 1.76 bits per heavy atom. The van der Waals surface area contributed by atoms with E-state index >= 15 is 0 Å². The summed E-state index contributed by atoms with van der Waals surface area (Å²) in [4.78, 5) is 25.5. The minimum Gasteiger partial charge on any atom is -0.321 e. The zero-order valence-electron chi connectivity index (χ0n) is 17.7. The van der Waals surface area contributed by atoms with E-state index in [1.54, 1.807) is 37.3 Å². The van der Waals surface area contributed by atoms with Crippen molar-refractivity contribution >= 4 is 46.4 Å². The number of hydrogen-bond donors (Lipinski definition) is 2. The van der Waals surface area contributed by atoms with Crippen LogP contribution in [0.25, 0.3) is 5.69 Å². The number of carbonyl (C=O) groups excluding carboxylic acids is 2. The van der Waals surface area contributed by atoms with Crippen molar-refractivity contribution in [2.75, 3.05) is 5.32 Å². The molecule has 11 heteroatoms. The molecule has 0 saturated carbocycles. The zero-order valence-corrected chi connectivity index (χ0v) is 19.2. The van der Waals surface area contributed by atoms with Gasteiger partial charge in [-0.3, -0.25) is 9.59 Å². The maximum atomic E-state index is 12.8. The number of benzene rings is 3. The molecule has 9 nitrogen and oxygen atoms in total. The molecular formula is C23H17Cl2N7O2. The maximum absolute atomic E-state index is 12.8. The van der Waals surface area contributed by atoms with Crippen LogP contribution >= 0.6 is 23.2 Å². The molecule has 2 amide bonds. The van der Waals surface area contributed by atoms with Crippen LogP contribution in [0.4, 0.5) is 5.69 Å². The molecule has 0 saturated heterocycles. The summed E-state index contributed by atoms with van der Waals surface area (Å²) in [5.74, 6) is -0.963. The number of amides is 2. The first-order valence-corrected chi connectivity index (χ1v) is 10.7. The van der Waals surface area contributed by atoms with E-state index in [0.29, 0.717) is 16.4 Å². The van der Waals surface area contributed by atoms with E-state index in [9.17, 15) is 9.59 Å². The van der Waals surface area contributed by atoms with Crippen molar-refractivity contribution in [2.24, 2.45) is 5.10 Å². The molecule has 0 atom stereocenters. The van der Waals surface area contributed by atoms with E-state index in [1.165, 1.54) is 23.1 Å². The highest BCUT2D eigenvalue weighted by atomic mass is 35.5. The van der Waals surface area contributed by atoms with Gasteiger partial charge in [-0.05, 0) is 65.4 Å². The molecule has 0 bridgehead atoms. The predicted octanol–water partition coefficient (Wildman–Crippen LogP) is 4.38. The fourth-order valence-electron chi connectivity index (χ4n) is 3.07. The number of tetrazole rings is 1. The lowest BCUT2D eigenvalue weighted by Gasteiger charge is -2.11. The number of rotatable bonds is 6. The fourth-order valence-corrected chi connectivity index (χ4v) is 3.56. The normalized spacial score (nSPS) is 11.2. The summed E-state index contributed by atoms with van der Waals surface area (Å²) in [6, 6.07) is 18.5. The standard InChI is InChI=1S/C23H17Cl2N7O2/c1-14(15-5-4-6-17(11-15)32-13-26-30-31-32)28-29-23(34)19-7-2-3-8-21(19)27-22(33)18-10-9-16(24)12-20(18)25/h2-13H,1H3,(H,27,33)(H,29,34)/b28-14-. The van der Waals surface area contributed by atoms with Crippen LogP contribution in [0, 0.1) is 0 Å². The summed E-state index contributed by atoms with van der Waals surface area (Å²) in [7, 11) is 0. The Labute approximate surface area is 204 Å². The highest BCUT2D eigenvalue weighted by molar-refractivity contribution is 6.37. The summed E-state index contributed by atoms with van der Waals surface area (Å²) in [6.45, 7) is 1.76. The molecule has 0 radical (unpaired) electrons. The Morgan fingerprint density at radius 3 is 2.53 bits per heavy atom. The molecule has 0 aliphatic heterocycles. The van der Waals surface area contributed by atoms with Crippen LogP contribution in [0.15, 0.2) is 78.2 Å². The smallest absolute Gasteiger partial charge is 0.273 e. The van der Waals surface area contributed by atoms with Gasteiger partial charge in [0.25, 0.3) is 11.8 Å². The molecule has 3 aromatic carbocycles. The van der Waals surface area contributed by atoms with Crippen LogP contribution in [-0.4, -0.2) is 37.7 Å². The van der Waals surface area contributed by atoms with Crippen LogP contribution in [0.3, 0.4) is 0 Å². The van der Waals surface area contributed by atoms with Gasteiger partial charge >= 0.3 is 0 Å². The first-order chi connectivity index (χ1) is 16.4. The van der Waals surface area contributed by atoms with Crippen molar-refractivity contribution in [1.82, 2.24) is 25.6 Å². The van der Waals surface area contributed by atoms with Gasteiger partial charge in [-0.25, -0.2) is 10.1 Å². The largest absolute Gasteiger partial charge is 0.321 e. The number of nitrogens with one attached hydrogen (secondary N) is 2. The number of para-hydroxylation sites is 1. The maximum Gasteiger partial charge on any atom is 0.273 e. The Balaban J connectivity index is 1.50. The second-order valence-corrected chi connectivity index (χ2v) is 7.91. The third kappa shape index (κ3) is 5.28. The van der Waals surface area contributed by atoms with Gasteiger partial charge < -0.3 is 5.32 Å². The van der Waals surface area contributed by atoms with Gasteiger partial charge in [-0.15, -0.1) is 5.10 Å². The molecule has 0 unspecified atom stereocenters. The highest BCUT2D eigenvalue weighted by Crippen LogP contribution is 2.23. The van der Waals surface area contributed by atoms with Crippen LogP contribution in [-0.2, 0) is 0 Å². The van der Waals surface area contributed by atoms with E-state index in [1.807, 2.05) is 24.3 Å². The second kappa shape index (κ2) is 10.2. The molecule has 4 rings (SSSR count). The second-order valence-electron chi connectivity index (χ2n) is 7.07. The molecule has 0 fully saturated rings. The lowest BCUT2D eigenvalue weighted by Crippen LogP contribution is -2.22. The molecule has 170 valence electrons. The van der Waals surface area contributed by atoms with Gasteiger partial charge in [-0.2, -0.15) is 5.10 Å². The molecule has 0 spiro atoms. The monoisotopic (exact) mass is 493 g/mol. The van der Waals surface area contributed by atoms with E-state index in [-0.39, 0.29) is 16.1 Å². The fraction of sp³-hybridized carbons (Fsp3) is 0.0435.